The summed E-state index contributed by atoms with van der Waals surface area (Å²) in [6.45, 7) is 2.19. The Bertz CT molecular complexity index is 534. The highest BCUT2D eigenvalue weighted by Crippen LogP contribution is 2.22. The van der Waals surface area contributed by atoms with Crippen LogP contribution in [0.1, 0.15) is 36.8 Å². The molecule has 0 aliphatic heterocycles. The van der Waals surface area contributed by atoms with Crippen molar-refractivity contribution >= 4 is 5.82 Å². The summed E-state index contributed by atoms with van der Waals surface area (Å²) >= 11 is 0. The van der Waals surface area contributed by atoms with Crippen LogP contribution in [0.2, 0.25) is 0 Å². The van der Waals surface area contributed by atoms with Gasteiger partial charge in [-0.3, -0.25) is 0 Å². The van der Waals surface area contributed by atoms with Crippen molar-refractivity contribution in [3.8, 4) is 0 Å². The molecule has 1 N–H and O–H groups in total. The molecule has 0 spiro atoms. The van der Waals surface area contributed by atoms with Gasteiger partial charge >= 0.3 is 0 Å². The molecule has 0 bridgehead atoms. The molecule has 2 aromatic heterocycles. The lowest BCUT2D eigenvalue weighted by atomic mass is 10.1. The van der Waals surface area contributed by atoms with Gasteiger partial charge in [0.15, 0.2) is 0 Å². The number of pyridine rings is 1. The van der Waals surface area contributed by atoms with Crippen LogP contribution >= 0.6 is 0 Å². The molecule has 2 aromatic rings. The van der Waals surface area contributed by atoms with Crippen LogP contribution < -0.4 is 5.32 Å². The Labute approximate surface area is 114 Å². The summed E-state index contributed by atoms with van der Waals surface area (Å²) in [4.78, 5) is 4.70. The highest BCUT2D eigenvalue weighted by Gasteiger charge is 2.13. The second kappa shape index (κ2) is 5.47. The molecule has 0 saturated carbocycles. The van der Waals surface area contributed by atoms with Crippen LogP contribution in [0.3, 0.4) is 0 Å². The quantitative estimate of drug-likeness (QED) is 0.888. The third kappa shape index (κ3) is 2.98. The molecule has 3 heteroatoms. The van der Waals surface area contributed by atoms with Gasteiger partial charge in [-0.25, -0.2) is 4.98 Å². The number of furan rings is 1. The second-order valence-electron chi connectivity index (χ2n) is 5.32. The van der Waals surface area contributed by atoms with Crippen LogP contribution in [-0.4, -0.2) is 11.0 Å². The van der Waals surface area contributed by atoms with Gasteiger partial charge in [-0.2, -0.15) is 0 Å². The number of nitrogens with one attached hydrogen (secondary N) is 1. The topological polar surface area (TPSA) is 38.1 Å². The Morgan fingerprint density at radius 2 is 2.26 bits per heavy atom. The van der Waals surface area contributed by atoms with E-state index >= 15 is 0 Å². The van der Waals surface area contributed by atoms with Gasteiger partial charge in [0.2, 0.25) is 0 Å². The van der Waals surface area contributed by atoms with Gasteiger partial charge in [0.1, 0.15) is 11.6 Å². The average molecular weight is 256 g/mol. The maximum Gasteiger partial charge on any atom is 0.126 e. The van der Waals surface area contributed by atoms with E-state index in [0.29, 0.717) is 6.04 Å². The number of aromatic nitrogens is 1. The number of rotatable bonds is 5. The van der Waals surface area contributed by atoms with Crippen molar-refractivity contribution in [3.63, 3.8) is 0 Å². The van der Waals surface area contributed by atoms with Crippen LogP contribution in [-0.2, 0) is 19.3 Å². The first-order chi connectivity index (χ1) is 9.31. The van der Waals surface area contributed by atoms with Crippen LogP contribution in [0.5, 0.6) is 0 Å². The summed E-state index contributed by atoms with van der Waals surface area (Å²) in [7, 11) is 0. The van der Waals surface area contributed by atoms with Gasteiger partial charge < -0.3 is 9.73 Å². The lowest BCUT2D eigenvalue weighted by Crippen LogP contribution is -2.17. The van der Waals surface area contributed by atoms with E-state index in [1.54, 1.807) is 6.26 Å². The summed E-state index contributed by atoms with van der Waals surface area (Å²) in [5.41, 5.74) is 2.71. The molecule has 3 nitrogen and oxygen atoms in total. The van der Waals surface area contributed by atoms with E-state index in [4.69, 9.17) is 9.40 Å². The SMILES string of the molecule is CC(CCc1ccco1)Nc1ccc2c(n1)CCC2. The lowest BCUT2D eigenvalue weighted by molar-refractivity contribution is 0.495. The Hall–Kier alpha value is -1.77. The number of fused-ring (bicyclic) bond motifs is 1. The summed E-state index contributed by atoms with van der Waals surface area (Å²) in [6, 6.07) is 8.69. The molecule has 0 saturated heterocycles. The van der Waals surface area contributed by atoms with Crippen LogP contribution in [0.25, 0.3) is 0 Å². The first kappa shape index (κ1) is 12.3. The predicted molar refractivity (Wildman–Crippen MR) is 76.4 cm³/mol. The van der Waals surface area contributed by atoms with E-state index in [1.165, 1.54) is 24.1 Å². The van der Waals surface area contributed by atoms with E-state index in [2.05, 4.69) is 24.4 Å². The molecule has 1 aliphatic carbocycles. The Morgan fingerprint density at radius 1 is 1.32 bits per heavy atom. The molecule has 1 aliphatic rings. The van der Waals surface area contributed by atoms with Gasteiger partial charge in [-0.1, -0.05) is 6.07 Å². The minimum absolute atomic E-state index is 0.400. The minimum Gasteiger partial charge on any atom is -0.469 e. The minimum atomic E-state index is 0.400. The van der Waals surface area contributed by atoms with Crippen molar-refractivity contribution < 1.29 is 4.42 Å². The average Bonchev–Trinajstić information content (AvgIpc) is 3.07. The Kier molecular flexibility index (Phi) is 3.53. The van der Waals surface area contributed by atoms with Crippen molar-refractivity contribution in [1.29, 1.82) is 0 Å². The molecular weight excluding hydrogens is 236 g/mol. The molecule has 1 unspecified atom stereocenters. The zero-order valence-corrected chi connectivity index (χ0v) is 11.4. The van der Waals surface area contributed by atoms with Crippen molar-refractivity contribution in [2.45, 2.75) is 45.1 Å². The van der Waals surface area contributed by atoms with Gasteiger partial charge in [-0.05, 0) is 56.4 Å². The first-order valence-corrected chi connectivity index (χ1v) is 7.09. The van der Waals surface area contributed by atoms with Crippen molar-refractivity contribution in [1.82, 2.24) is 4.98 Å². The molecule has 0 aromatic carbocycles. The van der Waals surface area contributed by atoms with Crippen LogP contribution in [0.15, 0.2) is 34.9 Å². The summed E-state index contributed by atoms with van der Waals surface area (Å²) in [5, 5.41) is 3.48. The molecule has 19 heavy (non-hydrogen) atoms. The molecule has 0 amide bonds. The number of anilines is 1. The first-order valence-electron chi connectivity index (χ1n) is 7.09. The van der Waals surface area contributed by atoms with Crippen molar-refractivity contribution in [2.75, 3.05) is 5.32 Å². The van der Waals surface area contributed by atoms with Gasteiger partial charge in [0.05, 0.1) is 6.26 Å². The number of aryl methyl sites for hydroxylation is 3. The highest BCUT2D eigenvalue weighted by molar-refractivity contribution is 5.41. The fourth-order valence-corrected chi connectivity index (χ4v) is 2.64. The Morgan fingerprint density at radius 3 is 3.11 bits per heavy atom. The molecule has 100 valence electrons. The smallest absolute Gasteiger partial charge is 0.126 e. The maximum atomic E-state index is 5.35. The van der Waals surface area contributed by atoms with Gasteiger partial charge in [0.25, 0.3) is 0 Å². The standard InChI is InChI=1S/C16H20N2O/c1-12(7-9-14-5-3-11-19-14)17-16-10-8-13-4-2-6-15(13)18-16/h3,5,8,10-12H,2,4,6-7,9H2,1H3,(H,17,18). The molecule has 1 atom stereocenters. The zero-order chi connectivity index (χ0) is 13.1. The number of nitrogens with zero attached hydrogens (tertiary/aromatic N) is 1. The van der Waals surface area contributed by atoms with E-state index in [1.807, 2.05) is 12.1 Å². The summed E-state index contributed by atoms with van der Waals surface area (Å²) in [6.07, 6.45) is 7.32. The molecule has 3 rings (SSSR count). The van der Waals surface area contributed by atoms with E-state index < -0.39 is 0 Å². The largest absolute Gasteiger partial charge is 0.469 e. The zero-order valence-electron chi connectivity index (χ0n) is 11.4. The fraction of sp³-hybridized carbons (Fsp3) is 0.438. The second-order valence-corrected chi connectivity index (χ2v) is 5.32. The van der Waals surface area contributed by atoms with E-state index in [9.17, 15) is 0 Å². The normalized spacial score (nSPS) is 15.2. The molecule has 2 heterocycles. The highest BCUT2D eigenvalue weighted by atomic mass is 16.3. The number of hydrogen-bond donors (Lipinski definition) is 1. The monoisotopic (exact) mass is 256 g/mol. The van der Waals surface area contributed by atoms with Crippen LogP contribution in [0.4, 0.5) is 5.82 Å². The molecule has 0 fully saturated rings. The summed E-state index contributed by atoms with van der Waals surface area (Å²) in [5.74, 6) is 2.06. The fourth-order valence-electron chi connectivity index (χ4n) is 2.64. The third-order valence-electron chi connectivity index (χ3n) is 3.73. The van der Waals surface area contributed by atoms with E-state index in [-0.39, 0.29) is 0 Å². The number of hydrogen-bond acceptors (Lipinski definition) is 3. The van der Waals surface area contributed by atoms with Crippen molar-refractivity contribution in [2.24, 2.45) is 0 Å². The lowest BCUT2D eigenvalue weighted by Gasteiger charge is -2.14. The molecular formula is C16H20N2O. The van der Waals surface area contributed by atoms with E-state index in [0.717, 1.165) is 30.8 Å². The third-order valence-corrected chi connectivity index (χ3v) is 3.73. The van der Waals surface area contributed by atoms with Crippen LogP contribution in [0, 0.1) is 0 Å². The van der Waals surface area contributed by atoms with Gasteiger partial charge in [-0.15, -0.1) is 0 Å². The van der Waals surface area contributed by atoms with Gasteiger partial charge in [0, 0.05) is 18.2 Å². The maximum absolute atomic E-state index is 5.35. The molecule has 0 radical (unpaired) electrons. The Balaban J connectivity index is 1.55. The van der Waals surface area contributed by atoms with Crippen molar-refractivity contribution in [3.05, 3.63) is 47.5 Å². The summed E-state index contributed by atoms with van der Waals surface area (Å²) < 4.78 is 5.35. The predicted octanol–water partition coefficient (Wildman–Crippen LogP) is 3.60.